The minimum Gasteiger partial charge on any atom is -0.339 e. The van der Waals surface area contributed by atoms with E-state index in [-0.39, 0.29) is 0 Å². The molecule has 1 N–H and O–H groups in total. The van der Waals surface area contributed by atoms with E-state index < -0.39 is 0 Å². The SMILES string of the molecule is Cc1cn(-c2ccc(Nc3ccn(Cc4ccc(Cl)cc4)n3)cc2C#N)cn1. The van der Waals surface area contributed by atoms with E-state index in [4.69, 9.17) is 11.6 Å². The molecule has 2 heterocycles. The van der Waals surface area contributed by atoms with Crippen LogP contribution in [0.25, 0.3) is 5.69 Å². The summed E-state index contributed by atoms with van der Waals surface area (Å²) in [6.07, 6.45) is 5.50. The molecule has 0 fully saturated rings. The average Bonchev–Trinajstić information content (AvgIpc) is 3.32. The molecule has 2 aromatic carbocycles. The Morgan fingerprint density at radius 2 is 1.96 bits per heavy atom. The molecule has 7 heteroatoms. The number of aromatic nitrogens is 4. The summed E-state index contributed by atoms with van der Waals surface area (Å²) in [4.78, 5) is 4.22. The van der Waals surface area contributed by atoms with Gasteiger partial charge in [-0.05, 0) is 42.8 Å². The van der Waals surface area contributed by atoms with Gasteiger partial charge in [-0.15, -0.1) is 0 Å². The lowest BCUT2D eigenvalue weighted by molar-refractivity contribution is 0.690. The first-order chi connectivity index (χ1) is 13.6. The number of aryl methyl sites for hydroxylation is 1. The fourth-order valence-corrected chi connectivity index (χ4v) is 3.05. The van der Waals surface area contributed by atoms with Crippen molar-refractivity contribution in [2.45, 2.75) is 13.5 Å². The highest BCUT2D eigenvalue weighted by Crippen LogP contribution is 2.22. The van der Waals surface area contributed by atoms with Crippen LogP contribution in [-0.2, 0) is 6.54 Å². The highest BCUT2D eigenvalue weighted by molar-refractivity contribution is 6.30. The van der Waals surface area contributed by atoms with Crippen molar-refractivity contribution in [3.05, 3.63) is 89.1 Å². The number of benzene rings is 2. The maximum absolute atomic E-state index is 9.52. The predicted octanol–water partition coefficient (Wildman–Crippen LogP) is 4.69. The Balaban J connectivity index is 1.51. The van der Waals surface area contributed by atoms with Gasteiger partial charge in [-0.25, -0.2) is 4.98 Å². The van der Waals surface area contributed by atoms with Gasteiger partial charge >= 0.3 is 0 Å². The van der Waals surface area contributed by atoms with Gasteiger partial charge in [0.15, 0.2) is 5.82 Å². The van der Waals surface area contributed by atoms with Gasteiger partial charge in [0.05, 0.1) is 29.8 Å². The van der Waals surface area contributed by atoms with Crippen LogP contribution < -0.4 is 5.32 Å². The number of hydrogen-bond acceptors (Lipinski definition) is 4. The normalized spacial score (nSPS) is 10.6. The summed E-state index contributed by atoms with van der Waals surface area (Å²) in [5.41, 5.74) is 4.17. The standard InChI is InChI=1S/C21H17ClN6/c1-15-12-27(14-24-15)20-7-6-19(10-17(20)11-23)25-21-8-9-28(26-21)13-16-2-4-18(22)5-3-16/h2-10,12,14H,13H2,1H3,(H,25,26). The summed E-state index contributed by atoms with van der Waals surface area (Å²) in [5.74, 6) is 0.712. The predicted molar refractivity (Wildman–Crippen MR) is 109 cm³/mol. The third-order valence-corrected chi connectivity index (χ3v) is 4.53. The number of anilines is 2. The quantitative estimate of drug-likeness (QED) is 0.538. The van der Waals surface area contributed by atoms with E-state index in [0.29, 0.717) is 22.9 Å². The first-order valence-electron chi connectivity index (χ1n) is 8.71. The summed E-state index contributed by atoms with van der Waals surface area (Å²) < 4.78 is 3.69. The number of halogens is 1. The van der Waals surface area contributed by atoms with Crippen LogP contribution in [0, 0.1) is 18.3 Å². The van der Waals surface area contributed by atoms with Gasteiger partial charge in [0.1, 0.15) is 6.07 Å². The van der Waals surface area contributed by atoms with Crippen molar-refractivity contribution in [3.63, 3.8) is 0 Å². The Morgan fingerprint density at radius 3 is 2.68 bits per heavy atom. The van der Waals surface area contributed by atoms with Gasteiger partial charge in [0.25, 0.3) is 0 Å². The maximum Gasteiger partial charge on any atom is 0.152 e. The first kappa shape index (κ1) is 17.8. The second-order valence-electron chi connectivity index (χ2n) is 6.42. The van der Waals surface area contributed by atoms with Crippen LogP contribution >= 0.6 is 11.6 Å². The van der Waals surface area contributed by atoms with E-state index >= 15 is 0 Å². The minimum absolute atomic E-state index is 0.558. The fourth-order valence-electron chi connectivity index (χ4n) is 2.92. The molecular formula is C21H17ClN6. The third kappa shape index (κ3) is 3.90. The van der Waals surface area contributed by atoms with Crippen LogP contribution in [-0.4, -0.2) is 19.3 Å². The lowest BCUT2D eigenvalue weighted by Crippen LogP contribution is -2.01. The lowest BCUT2D eigenvalue weighted by Gasteiger charge is -2.08. The van der Waals surface area contributed by atoms with Crippen LogP contribution in [0.2, 0.25) is 5.02 Å². The smallest absolute Gasteiger partial charge is 0.152 e. The van der Waals surface area contributed by atoms with Crippen LogP contribution in [0.1, 0.15) is 16.8 Å². The van der Waals surface area contributed by atoms with Gasteiger partial charge in [0.2, 0.25) is 0 Å². The second kappa shape index (κ2) is 7.59. The molecule has 138 valence electrons. The maximum atomic E-state index is 9.52. The average molecular weight is 389 g/mol. The molecule has 0 aliphatic heterocycles. The summed E-state index contributed by atoms with van der Waals surface area (Å²) in [6, 6.07) is 17.5. The molecule has 0 bridgehead atoms. The number of hydrogen-bond donors (Lipinski definition) is 1. The first-order valence-corrected chi connectivity index (χ1v) is 9.08. The van der Waals surface area contributed by atoms with E-state index in [0.717, 1.165) is 22.6 Å². The van der Waals surface area contributed by atoms with E-state index in [1.165, 1.54) is 0 Å². The molecule has 4 rings (SSSR count). The van der Waals surface area contributed by atoms with Gasteiger partial charge in [-0.1, -0.05) is 23.7 Å². The Kier molecular flexibility index (Phi) is 4.83. The van der Waals surface area contributed by atoms with E-state index in [2.05, 4.69) is 21.5 Å². The van der Waals surface area contributed by atoms with Crippen molar-refractivity contribution in [1.82, 2.24) is 19.3 Å². The molecule has 0 unspecified atom stereocenters. The number of nitrogens with one attached hydrogen (secondary N) is 1. The molecule has 0 saturated carbocycles. The minimum atomic E-state index is 0.558. The second-order valence-corrected chi connectivity index (χ2v) is 6.85. The lowest BCUT2D eigenvalue weighted by atomic mass is 10.1. The molecule has 0 spiro atoms. The Morgan fingerprint density at radius 1 is 1.14 bits per heavy atom. The molecule has 0 atom stereocenters. The molecule has 0 aliphatic rings. The molecule has 0 amide bonds. The Labute approximate surface area is 167 Å². The van der Waals surface area contributed by atoms with Gasteiger partial charge in [-0.3, -0.25) is 4.68 Å². The highest BCUT2D eigenvalue weighted by Gasteiger charge is 2.08. The largest absolute Gasteiger partial charge is 0.339 e. The van der Waals surface area contributed by atoms with Crippen molar-refractivity contribution in [2.24, 2.45) is 0 Å². The van der Waals surface area contributed by atoms with Crippen LogP contribution in [0.3, 0.4) is 0 Å². The molecule has 2 aromatic heterocycles. The zero-order chi connectivity index (χ0) is 19.5. The number of nitrogens with zero attached hydrogens (tertiary/aromatic N) is 5. The molecule has 0 saturated heterocycles. The summed E-state index contributed by atoms with van der Waals surface area (Å²) in [7, 11) is 0. The monoisotopic (exact) mass is 388 g/mol. The molecule has 0 radical (unpaired) electrons. The summed E-state index contributed by atoms with van der Waals surface area (Å²) >= 11 is 5.92. The summed E-state index contributed by atoms with van der Waals surface area (Å²) in [6.45, 7) is 2.57. The Bertz CT molecular complexity index is 1150. The molecule has 4 aromatic rings. The zero-order valence-electron chi connectivity index (χ0n) is 15.2. The van der Waals surface area contributed by atoms with Gasteiger partial charge in [0, 0.05) is 29.2 Å². The zero-order valence-corrected chi connectivity index (χ0v) is 15.9. The van der Waals surface area contributed by atoms with Crippen molar-refractivity contribution in [1.29, 1.82) is 5.26 Å². The molecular weight excluding hydrogens is 372 g/mol. The molecule has 6 nitrogen and oxygen atoms in total. The van der Waals surface area contributed by atoms with Gasteiger partial charge < -0.3 is 9.88 Å². The molecule has 28 heavy (non-hydrogen) atoms. The topological polar surface area (TPSA) is 71.5 Å². The third-order valence-electron chi connectivity index (χ3n) is 4.28. The van der Waals surface area contributed by atoms with E-state index in [1.807, 2.05) is 77.1 Å². The number of imidazole rings is 1. The van der Waals surface area contributed by atoms with E-state index in [9.17, 15) is 5.26 Å². The molecule has 0 aliphatic carbocycles. The van der Waals surface area contributed by atoms with Crippen molar-refractivity contribution in [2.75, 3.05) is 5.32 Å². The van der Waals surface area contributed by atoms with Gasteiger partial charge in [-0.2, -0.15) is 10.4 Å². The summed E-state index contributed by atoms with van der Waals surface area (Å²) in [5, 5.41) is 18.0. The van der Waals surface area contributed by atoms with Crippen molar-refractivity contribution >= 4 is 23.1 Å². The number of nitriles is 1. The van der Waals surface area contributed by atoms with Crippen LogP contribution in [0.15, 0.2) is 67.3 Å². The van der Waals surface area contributed by atoms with Crippen molar-refractivity contribution < 1.29 is 0 Å². The Hall–Kier alpha value is -3.56. The van der Waals surface area contributed by atoms with Crippen LogP contribution in [0.4, 0.5) is 11.5 Å². The highest BCUT2D eigenvalue weighted by atomic mass is 35.5. The van der Waals surface area contributed by atoms with Crippen molar-refractivity contribution in [3.8, 4) is 11.8 Å². The van der Waals surface area contributed by atoms with E-state index in [1.54, 1.807) is 6.33 Å². The van der Waals surface area contributed by atoms with Crippen LogP contribution in [0.5, 0.6) is 0 Å². The number of rotatable bonds is 5. The fraction of sp³-hybridized carbons (Fsp3) is 0.0952.